The van der Waals surface area contributed by atoms with Crippen LogP contribution in [0.3, 0.4) is 0 Å². The van der Waals surface area contributed by atoms with Gasteiger partial charge in [-0.05, 0) is 6.42 Å². The molecule has 0 aromatic rings. The second-order valence-corrected chi connectivity index (χ2v) is 3.33. The molecule has 1 atom stereocenters. The summed E-state index contributed by atoms with van der Waals surface area (Å²) in [7, 11) is 0. The van der Waals surface area contributed by atoms with Crippen molar-refractivity contribution in [3.8, 4) is 0 Å². The van der Waals surface area contributed by atoms with Crippen LogP contribution < -0.4 is 5.73 Å². The van der Waals surface area contributed by atoms with Crippen molar-refractivity contribution < 1.29 is 14.6 Å². The third-order valence-corrected chi connectivity index (χ3v) is 1.99. The lowest BCUT2D eigenvalue weighted by molar-refractivity contribution is -0.153. The molecule has 0 spiro atoms. The highest BCUT2D eigenvalue weighted by atomic mass is 16.5. The zero-order valence-electron chi connectivity index (χ0n) is 8.87. The normalized spacial score (nSPS) is 12.5. The summed E-state index contributed by atoms with van der Waals surface area (Å²) in [6.45, 7) is 2.46. The smallest absolute Gasteiger partial charge is 0.336 e. The first-order valence-corrected chi connectivity index (χ1v) is 5.27. The molecule has 0 aromatic heterocycles. The van der Waals surface area contributed by atoms with E-state index in [9.17, 15) is 4.79 Å². The number of hydrogen-bond acceptors (Lipinski definition) is 4. The maximum Gasteiger partial charge on any atom is 0.336 e. The van der Waals surface area contributed by atoms with Gasteiger partial charge in [0.2, 0.25) is 0 Å². The molecule has 0 saturated carbocycles. The molecule has 0 heterocycles. The van der Waals surface area contributed by atoms with Crippen molar-refractivity contribution >= 4 is 5.97 Å². The molecule has 0 unspecified atom stereocenters. The standard InChI is InChI=1S/C10H21NO3/c1-2-3-4-5-6-7-14-10(13)9(12)8-11/h9,12H,2-8,11H2,1H3/t9-/m0/s1. The van der Waals surface area contributed by atoms with Crippen LogP contribution in [0.15, 0.2) is 0 Å². The van der Waals surface area contributed by atoms with Crippen molar-refractivity contribution in [3.63, 3.8) is 0 Å². The lowest BCUT2D eigenvalue weighted by atomic mass is 10.2. The summed E-state index contributed by atoms with van der Waals surface area (Å²) in [5.74, 6) is -0.608. The summed E-state index contributed by atoms with van der Waals surface area (Å²) in [4.78, 5) is 10.9. The molecule has 3 N–H and O–H groups in total. The molecule has 14 heavy (non-hydrogen) atoms. The Bertz CT molecular complexity index is 150. The van der Waals surface area contributed by atoms with E-state index < -0.39 is 12.1 Å². The number of carbonyl (C=O) groups excluding carboxylic acids is 1. The minimum Gasteiger partial charge on any atom is -0.464 e. The highest BCUT2D eigenvalue weighted by Gasteiger charge is 2.13. The van der Waals surface area contributed by atoms with E-state index in [2.05, 4.69) is 6.92 Å². The molecule has 0 radical (unpaired) electrons. The molecule has 0 fully saturated rings. The number of hydrogen-bond donors (Lipinski definition) is 2. The van der Waals surface area contributed by atoms with Gasteiger partial charge >= 0.3 is 5.97 Å². The summed E-state index contributed by atoms with van der Waals surface area (Å²) in [6.07, 6.45) is 4.37. The average molecular weight is 203 g/mol. The highest BCUT2D eigenvalue weighted by molar-refractivity contribution is 5.74. The van der Waals surface area contributed by atoms with Gasteiger partial charge in [-0.25, -0.2) is 4.79 Å². The first-order valence-electron chi connectivity index (χ1n) is 5.27. The van der Waals surface area contributed by atoms with Gasteiger partial charge in [0.15, 0.2) is 6.10 Å². The molecule has 0 aliphatic heterocycles. The second-order valence-electron chi connectivity index (χ2n) is 3.33. The maximum atomic E-state index is 10.9. The third-order valence-electron chi connectivity index (χ3n) is 1.99. The van der Waals surface area contributed by atoms with Crippen LogP contribution in [0.5, 0.6) is 0 Å². The molecule has 0 bridgehead atoms. The van der Waals surface area contributed by atoms with Gasteiger partial charge in [-0.3, -0.25) is 0 Å². The molecule has 0 amide bonds. The second kappa shape index (κ2) is 8.97. The van der Waals surface area contributed by atoms with Crippen molar-refractivity contribution in [1.29, 1.82) is 0 Å². The number of ether oxygens (including phenoxy) is 1. The lowest BCUT2D eigenvalue weighted by Crippen LogP contribution is -2.31. The molecule has 0 saturated heterocycles. The van der Waals surface area contributed by atoms with Crippen molar-refractivity contribution in [3.05, 3.63) is 0 Å². The van der Waals surface area contributed by atoms with Gasteiger partial charge in [-0.15, -0.1) is 0 Å². The lowest BCUT2D eigenvalue weighted by Gasteiger charge is -2.07. The van der Waals surface area contributed by atoms with Crippen LogP contribution in [-0.2, 0) is 9.53 Å². The summed E-state index contributed by atoms with van der Waals surface area (Å²) in [5.41, 5.74) is 5.09. The monoisotopic (exact) mass is 203 g/mol. The number of nitrogens with two attached hydrogens (primary N) is 1. The molecule has 0 aliphatic rings. The average Bonchev–Trinajstić information content (AvgIpc) is 2.21. The zero-order valence-corrected chi connectivity index (χ0v) is 8.87. The van der Waals surface area contributed by atoms with Crippen LogP contribution in [0, 0.1) is 0 Å². The number of aliphatic hydroxyl groups is 1. The molecule has 84 valence electrons. The first-order chi connectivity index (χ1) is 6.72. The Morgan fingerprint density at radius 2 is 2.00 bits per heavy atom. The summed E-state index contributed by atoms with van der Waals surface area (Å²) < 4.78 is 4.81. The van der Waals surface area contributed by atoms with Crippen LogP contribution in [0.25, 0.3) is 0 Å². The topological polar surface area (TPSA) is 72.5 Å². The van der Waals surface area contributed by atoms with E-state index in [1.165, 1.54) is 19.3 Å². The van der Waals surface area contributed by atoms with E-state index in [1.54, 1.807) is 0 Å². The third kappa shape index (κ3) is 6.86. The summed E-state index contributed by atoms with van der Waals surface area (Å²) >= 11 is 0. The minimum absolute atomic E-state index is 0.0747. The Hall–Kier alpha value is -0.610. The van der Waals surface area contributed by atoms with Gasteiger partial charge in [0, 0.05) is 6.54 Å². The Kier molecular flexibility index (Phi) is 8.57. The van der Waals surface area contributed by atoms with E-state index in [4.69, 9.17) is 15.6 Å². The molecule has 4 nitrogen and oxygen atoms in total. The van der Waals surface area contributed by atoms with Gasteiger partial charge in [0.25, 0.3) is 0 Å². The Labute approximate surface area is 85.4 Å². The highest BCUT2D eigenvalue weighted by Crippen LogP contribution is 2.02. The molecule has 0 aliphatic carbocycles. The molecule has 4 heteroatoms. The van der Waals surface area contributed by atoms with Crippen LogP contribution in [-0.4, -0.2) is 30.3 Å². The molecule has 0 aromatic carbocycles. The predicted molar refractivity (Wildman–Crippen MR) is 54.8 cm³/mol. The largest absolute Gasteiger partial charge is 0.464 e. The van der Waals surface area contributed by atoms with Crippen molar-refractivity contribution in [2.24, 2.45) is 5.73 Å². The van der Waals surface area contributed by atoms with E-state index in [1.807, 2.05) is 0 Å². The van der Waals surface area contributed by atoms with E-state index in [0.717, 1.165) is 12.8 Å². The Balaban J connectivity index is 3.23. The first kappa shape index (κ1) is 13.4. The molecular weight excluding hydrogens is 182 g/mol. The van der Waals surface area contributed by atoms with Gasteiger partial charge in [-0.1, -0.05) is 32.6 Å². The van der Waals surface area contributed by atoms with Gasteiger partial charge in [0.05, 0.1) is 6.61 Å². The maximum absolute atomic E-state index is 10.9. The molecular formula is C10H21NO3. The van der Waals surface area contributed by atoms with E-state index in [0.29, 0.717) is 6.61 Å². The summed E-state index contributed by atoms with van der Waals surface area (Å²) in [5, 5.41) is 8.97. The van der Waals surface area contributed by atoms with E-state index >= 15 is 0 Å². The quantitative estimate of drug-likeness (QED) is 0.452. The van der Waals surface area contributed by atoms with Crippen LogP contribution >= 0.6 is 0 Å². The van der Waals surface area contributed by atoms with Crippen molar-refractivity contribution in [2.75, 3.05) is 13.2 Å². The van der Waals surface area contributed by atoms with Crippen LogP contribution in [0.4, 0.5) is 0 Å². The van der Waals surface area contributed by atoms with Crippen LogP contribution in [0.1, 0.15) is 39.0 Å². The number of rotatable bonds is 8. The van der Waals surface area contributed by atoms with Gasteiger partial charge in [0.1, 0.15) is 0 Å². The fraction of sp³-hybridized carbons (Fsp3) is 0.900. The summed E-state index contributed by atoms with van der Waals surface area (Å²) in [6, 6.07) is 0. The van der Waals surface area contributed by atoms with Crippen molar-refractivity contribution in [2.45, 2.75) is 45.1 Å². The zero-order chi connectivity index (χ0) is 10.8. The molecule has 0 rings (SSSR count). The number of unbranched alkanes of at least 4 members (excludes halogenated alkanes) is 4. The SMILES string of the molecule is CCCCCCCOC(=O)[C@@H](O)CN. The van der Waals surface area contributed by atoms with Crippen LogP contribution in [0.2, 0.25) is 0 Å². The fourth-order valence-corrected chi connectivity index (χ4v) is 1.07. The predicted octanol–water partition coefficient (Wildman–Crippen LogP) is 0.820. The number of carbonyl (C=O) groups is 1. The number of aliphatic hydroxyl groups excluding tert-OH is 1. The Morgan fingerprint density at radius 1 is 1.36 bits per heavy atom. The van der Waals surface area contributed by atoms with E-state index in [-0.39, 0.29) is 6.54 Å². The van der Waals surface area contributed by atoms with Crippen molar-refractivity contribution in [1.82, 2.24) is 0 Å². The number of esters is 1. The fourth-order valence-electron chi connectivity index (χ4n) is 1.07. The minimum atomic E-state index is -1.16. The Morgan fingerprint density at radius 3 is 2.57 bits per heavy atom. The van der Waals surface area contributed by atoms with Gasteiger partial charge < -0.3 is 15.6 Å². The van der Waals surface area contributed by atoms with Gasteiger partial charge in [-0.2, -0.15) is 0 Å².